The van der Waals surface area contributed by atoms with Gasteiger partial charge in [-0.05, 0) is 31.2 Å². The molecule has 0 radical (unpaired) electrons. The van der Waals surface area contributed by atoms with Gasteiger partial charge in [-0.3, -0.25) is 9.59 Å². The zero-order chi connectivity index (χ0) is 23.6. The van der Waals surface area contributed by atoms with Crippen molar-refractivity contribution in [2.45, 2.75) is 19.0 Å². The number of para-hydroxylation sites is 1. The number of amides is 2. The summed E-state index contributed by atoms with van der Waals surface area (Å²) in [7, 11) is 3.07. The third-order valence-electron chi connectivity index (χ3n) is 5.78. The van der Waals surface area contributed by atoms with Crippen molar-refractivity contribution in [2.75, 3.05) is 34.0 Å². The Morgan fingerprint density at radius 1 is 1.24 bits per heavy atom. The van der Waals surface area contributed by atoms with Crippen molar-refractivity contribution in [2.24, 2.45) is 0 Å². The molecule has 0 spiro atoms. The molecule has 1 atom stereocenters. The maximum atomic E-state index is 13.5. The van der Waals surface area contributed by atoms with E-state index in [-0.39, 0.29) is 38.0 Å². The van der Waals surface area contributed by atoms with Gasteiger partial charge in [0, 0.05) is 30.8 Å². The molecule has 1 aliphatic heterocycles. The maximum absolute atomic E-state index is 13.5. The van der Waals surface area contributed by atoms with Gasteiger partial charge in [0.1, 0.15) is 17.9 Å². The molecule has 4 rings (SSSR count). The number of halogens is 1. The minimum absolute atomic E-state index is 0.0530. The summed E-state index contributed by atoms with van der Waals surface area (Å²) in [6, 6.07) is 12.4. The van der Waals surface area contributed by atoms with Crippen LogP contribution in [0.5, 0.6) is 11.5 Å². The van der Waals surface area contributed by atoms with Gasteiger partial charge in [-0.1, -0.05) is 29.8 Å². The number of nitrogens with one attached hydrogen (secondary N) is 1. The highest BCUT2D eigenvalue weighted by Gasteiger charge is 2.47. The topological polar surface area (TPSA) is 90.2 Å². The summed E-state index contributed by atoms with van der Waals surface area (Å²) >= 11 is 6.03. The minimum atomic E-state index is -1.31. The van der Waals surface area contributed by atoms with E-state index in [0.717, 1.165) is 5.56 Å². The maximum Gasteiger partial charge on any atom is 0.294 e. The Kier molecular flexibility index (Phi) is 6.49. The summed E-state index contributed by atoms with van der Waals surface area (Å²) < 4.78 is 22.4. The summed E-state index contributed by atoms with van der Waals surface area (Å²) in [5, 5.41) is 4.12. The van der Waals surface area contributed by atoms with Crippen LogP contribution in [0.3, 0.4) is 0 Å². The van der Waals surface area contributed by atoms with Crippen molar-refractivity contribution in [3.8, 4) is 11.5 Å². The van der Waals surface area contributed by atoms with Crippen LogP contribution in [0.15, 0.2) is 46.9 Å². The monoisotopic (exact) mass is 472 g/mol. The van der Waals surface area contributed by atoms with Gasteiger partial charge in [-0.15, -0.1) is 0 Å². The molecule has 174 valence electrons. The predicted octanol–water partition coefficient (Wildman–Crippen LogP) is 3.65. The lowest BCUT2D eigenvalue weighted by Crippen LogP contribution is -2.61. The number of carbonyl (C=O) groups is 2. The van der Waals surface area contributed by atoms with Crippen LogP contribution in [-0.4, -0.2) is 56.2 Å². The lowest BCUT2D eigenvalue weighted by Gasteiger charge is -2.37. The van der Waals surface area contributed by atoms with Crippen LogP contribution < -0.4 is 14.8 Å². The first-order chi connectivity index (χ1) is 15.9. The van der Waals surface area contributed by atoms with Crippen molar-refractivity contribution < 1.29 is 28.2 Å². The molecule has 0 fully saturated rings. The fourth-order valence-corrected chi connectivity index (χ4v) is 4.05. The second-order valence-electron chi connectivity index (χ2n) is 7.91. The first-order valence-corrected chi connectivity index (χ1v) is 10.8. The van der Waals surface area contributed by atoms with E-state index in [2.05, 4.69) is 5.32 Å². The van der Waals surface area contributed by atoms with Gasteiger partial charge in [-0.25, -0.2) is 0 Å². The Balaban J connectivity index is 1.64. The number of fused-ring (bicyclic) bond motifs is 3. The summed E-state index contributed by atoms with van der Waals surface area (Å²) in [5.74, 6) is 0.163. The van der Waals surface area contributed by atoms with Gasteiger partial charge in [0.2, 0.25) is 11.7 Å². The Hall–Kier alpha value is -3.23. The Morgan fingerprint density at radius 3 is 2.79 bits per heavy atom. The van der Waals surface area contributed by atoms with Gasteiger partial charge in [0.25, 0.3) is 5.91 Å². The summed E-state index contributed by atoms with van der Waals surface area (Å²) in [6.45, 7) is 2.23. The van der Waals surface area contributed by atoms with Crippen LogP contribution in [0, 0.1) is 0 Å². The molecular formula is C24H25ClN2O6. The SMILES string of the molecule is COCCN1C(=O)c2oc3ccccc3c2OCC1(C)C(=O)NCc1ccc(Cl)cc1OC. The zero-order valence-corrected chi connectivity index (χ0v) is 19.4. The van der Waals surface area contributed by atoms with Gasteiger partial charge < -0.3 is 28.8 Å². The first-order valence-electron chi connectivity index (χ1n) is 10.4. The number of hydrogen-bond donors (Lipinski definition) is 1. The average Bonchev–Trinajstić information content (AvgIpc) is 3.15. The Morgan fingerprint density at radius 2 is 2.03 bits per heavy atom. The van der Waals surface area contributed by atoms with E-state index < -0.39 is 11.4 Å². The molecule has 33 heavy (non-hydrogen) atoms. The van der Waals surface area contributed by atoms with Gasteiger partial charge in [0.05, 0.1) is 19.1 Å². The third kappa shape index (κ3) is 4.24. The molecule has 1 aliphatic rings. The van der Waals surface area contributed by atoms with E-state index >= 15 is 0 Å². The Labute approximate surface area is 196 Å². The van der Waals surface area contributed by atoms with Crippen LogP contribution in [0.1, 0.15) is 23.0 Å². The average molecular weight is 473 g/mol. The molecule has 0 bridgehead atoms. The number of methoxy groups -OCH3 is 2. The first kappa shape index (κ1) is 22.9. The van der Waals surface area contributed by atoms with Gasteiger partial charge in [-0.2, -0.15) is 0 Å². The fraction of sp³-hybridized carbons (Fsp3) is 0.333. The number of ether oxygens (including phenoxy) is 3. The predicted molar refractivity (Wildman–Crippen MR) is 123 cm³/mol. The van der Waals surface area contributed by atoms with Crippen LogP contribution in [-0.2, 0) is 16.1 Å². The number of benzene rings is 2. The largest absolute Gasteiger partial charge is 0.496 e. The molecule has 0 aliphatic carbocycles. The standard InChI is InChI=1S/C24H25ClN2O6/c1-24(23(29)26-13-15-8-9-16(25)12-19(15)31-3)14-32-20-17-6-4-5-7-18(17)33-21(20)22(28)27(24)10-11-30-2/h4-9,12H,10-11,13-14H2,1-3H3,(H,26,29). The Bertz CT molecular complexity index is 1190. The number of hydrogen-bond acceptors (Lipinski definition) is 6. The van der Waals surface area contributed by atoms with Gasteiger partial charge >= 0.3 is 0 Å². The molecule has 3 aromatic rings. The second kappa shape index (κ2) is 9.33. The highest BCUT2D eigenvalue weighted by Crippen LogP contribution is 2.38. The summed E-state index contributed by atoms with van der Waals surface area (Å²) in [6.07, 6.45) is 0. The molecule has 2 aromatic carbocycles. The minimum Gasteiger partial charge on any atom is -0.496 e. The van der Waals surface area contributed by atoms with E-state index in [4.69, 9.17) is 30.2 Å². The van der Waals surface area contributed by atoms with Crippen molar-refractivity contribution in [3.05, 3.63) is 58.8 Å². The molecule has 1 unspecified atom stereocenters. The van der Waals surface area contributed by atoms with E-state index in [1.165, 1.54) is 19.1 Å². The van der Waals surface area contributed by atoms with Crippen LogP contribution in [0.2, 0.25) is 5.02 Å². The number of furan rings is 1. The van der Waals surface area contributed by atoms with E-state index in [9.17, 15) is 9.59 Å². The van der Waals surface area contributed by atoms with Crippen LogP contribution >= 0.6 is 11.6 Å². The van der Waals surface area contributed by atoms with Crippen molar-refractivity contribution in [3.63, 3.8) is 0 Å². The lowest BCUT2D eigenvalue weighted by molar-refractivity contribution is -0.133. The summed E-state index contributed by atoms with van der Waals surface area (Å²) in [5.41, 5.74) is -0.00997. The van der Waals surface area contributed by atoms with Crippen molar-refractivity contribution in [1.82, 2.24) is 10.2 Å². The molecule has 2 heterocycles. The lowest BCUT2D eigenvalue weighted by atomic mass is 9.99. The molecular weight excluding hydrogens is 448 g/mol. The fourth-order valence-electron chi connectivity index (χ4n) is 3.89. The highest BCUT2D eigenvalue weighted by atomic mass is 35.5. The van der Waals surface area contributed by atoms with E-state index in [0.29, 0.717) is 27.5 Å². The number of rotatable bonds is 7. The number of carbonyl (C=O) groups excluding carboxylic acids is 2. The molecule has 2 amide bonds. The zero-order valence-electron chi connectivity index (χ0n) is 18.6. The van der Waals surface area contributed by atoms with Crippen LogP contribution in [0.25, 0.3) is 11.0 Å². The highest BCUT2D eigenvalue weighted by molar-refractivity contribution is 6.30. The van der Waals surface area contributed by atoms with Gasteiger partial charge in [0.15, 0.2) is 11.3 Å². The normalized spacial score (nSPS) is 17.9. The molecule has 0 saturated carbocycles. The third-order valence-corrected chi connectivity index (χ3v) is 6.01. The second-order valence-corrected chi connectivity index (χ2v) is 8.34. The molecule has 9 heteroatoms. The smallest absolute Gasteiger partial charge is 0.294 e. The quantitative estimate of drug-likeness (QED) is 0.564. The molecule has 0 saturated heterocycles. The molecule has 1 aromatic heterocycles. The van der Waals surface area contributed by atoms with Crippen molar-refractivity contribution in [1.29, 1.82) is 0 Å². The van der Waals surface area contributed by atoms with Crippen molar-refractivity contribution >= 4 is 34.4 Å². The van der Waals surface area contributed by atoms with E-state index in [1.807, 2.05) is 18.2 Å². The molecule has 8 nitrogen and oxygen atoms in total. The van der Waals surface area contributed by atoms with E-state index in [1.54, 1.807) is 31.2 Å². The van der Waals surface area contributed by atoms with Crippen LogP contribution in [0.4, 0.5) is 0 Å². The number of nitrogens with zero attached hydrogens (tertiary/aromatic N) is 1. The summed E-state index contributed by atoms with van der Waals surface area (Å²) in [4.78, 5) is 28.4. The molecule has 1 N–H and O–H groups in total.